The van der Waals surface area contributed by atoms with Gasteiger partial charge in [-0.25, -0.2) is 0 Å². The number of phenols is 1. The van der Waals surface area contributed by atoms with Crippen LogP contribution in [0.1, 0.15) is 5.56 Å². The first kappa shape index (κ1) is 15.3. The normalized spacial score (nSPS) is 10.5. The lowest BCUT2D eigenvalue weighted by atomic mass is 10.1. The Morgan fingerprint density at radius 3 is 2.61 bits per heavy atom. The number of anilines is 1. The van der Waals surface area contributed by atoms with Gasteiger partial charge in [0.1, 0.15) is 5.75 Å². The predicted molar refractivity (Wildman–Crippen MR) is 92.2 cm³/mol. The summed E-state index contributed by atoms with van der Waals surface area (Å²) in [7, 11) is 0. The molecule has 3 N–H and O–H groups in total. The lowest BCUT2D eigenvalue weighted by Crippen LogP contribution is -2.14. The van der Waals surface area contributed by atoms with Crippen molar-refractivity contribution in [3.8, 4) is 17.0 Å². The summed E-state index contributed by atoms with van der Waals surface area (Å²) in [6.07, 6.45) is 1.80. The van der Waals surface area contributed by atoms with Gasteiger partial charge in [-0.1, -0.05) is 34.1 Å². The number of halogens is 1. The van der Waals surface area contributed by atoms with E-state index in [1.54, 1.807) is 24.4 Å². The molecule has 0 saturated heterocycles. The topological polar surface area (TPSA) is 78.0 Å². The van der Waals surface area contributed by atoms with Crippen LogP contribution in [0, 0.1) is 0 Å². The Hall–Kier alpha value is -2.60. The van der Waals surface area contributed by atoms with E-state index in [1.165, 1.54) is 0 Å². The van der Waals surface area contributed by atoms with Crippen LogP contribution in [0.25, 0.3) is 11.3 Å². The van der Waals surface area contributed by atoms with Crippen molar-refractivity contribution in [2.45, 2.75) is 6.42 Å². The Labute approximate surface area is 141 Å². The summed E-state index contributed by atoms with van der Waals surface area (Å²) < 4.78 is 0.772. The van der Waals surface area contributed by atoms with Crippen LogP contribution in [0.2, 0.25) is 0 Å². The molecule has 3 rings (SSSR count). The SMILES string of the molecule is O=C(Cc1ccc(Br)cc1O)Nc1ccc(-c2ccn[nH]2)cc1. The van der Waals surface area contributed by atoms with Crippen molar-refractivity contribution in [3.05, 3.63) is 64.8 Å². The Bertz CT molecular complexity index is 814. The number of carbonyl (C=O) groups is 1. The minimum Gasteiger partial charge on any atom is -0.508 e. The fourth-order valence-electron chi connectivity index (χ4n) is 2.21. The molecule has 2 aromatic carbocycles. The molecule has 3 aromatic rings. The van der Waals surface area contributed by atoms with Gasteiger partial charge < -0.3 is 10.4 Å². The van der Waals surface area contributed by atoms with Crippen LogP contribution in [0.3, 0.4) is 0 Å². The molecule has 23 heavy (non-hydrogen) atoms. The number of aromatic amines is 1. The average molecular weight is 372 g/mol. The Kier molecular flexibility index (Phi) is 4.43. The summed E-state index contributed by atoms with van der Waals surface area (Å²) in [4.78, 5) is 12.1. The highest BCUT2D eigenvalue weighted by molar-refractivity contribution is 9.10. The van der Waals surface area contributed by atoms with Gasteiger partial charge in [-0.15, -0.1) is 0 Å². The molecule has 0 saturated carbocycles. The third-order valence-electron chi connectivity index (χ3n) is 3.38. The maximum atomic E-state index is 12.1. The van der Waals surface area contributed by atoms with Crippen LogP contribution in [-0.4, -0.2) is 21.2 Å². The number of hydrogen-bond acceptors (Lipinski definition) is 3. The van der Waals surface area contributed by atoms with Crippen molar-refractivity contribution in [2.75, 3.05) is 5.32 Å². The van der Waals surface area contributed by atoms with Gasteiger partial charge in [0.15, 0.2) is 0 Å². The first-order chi connectivity index (χ1) is 11.1. The van der Waals surface area contributed by atoms with Crippen LogP contribution in [0.15, 0.2) is 59.2 Å². The molecule has 0 radical (unpaired) electrons. The van der Waals surface area contributed by atoms with E-state index < -0.39 is 0 Å². The number of aromatic hydroxyl groups is 1. The molecule has 0 atom stereocenters. The Morgan fingerprint density at radius 2 is 1.96 bits per heavy atom. The summed E-state index contributed by atoms with van der Waals surface area (Å²) in [5.41, 5.74) is 3.20. The molecule has 0 unspecified atom stereocenters. The fraction of sp³-hybridized carbons (Fsp3) is 0.0588. The molecule has 0 aliphatic rings. The largest absolute Gasteiger partial charge is 0.508 e. The molecule has 1 amide bonds. The van der Waals surface area contributed by atoms with Gasteiger partial charge in [-0.3, -0.25) is 9.89 Å². The summed E-state index contributed by atoms with van der Waals surface area (Å²) in [5.74, 6) is -0.0824. The van der Waals surface area contributed by atoms with Gasteiger partial charge in [0, 0.05) is 21.9 Å². The molecule has 0 aliphatic carbocycles. The van der Waals surface area contributed by atoms with Gasteiger partial charge in [-0.05, 0) is 35.9 Å². The molecule has 0 spiro atoms. The van der Waals surface area contributed by atoms with E-state index in [2.05, 4.69) is 31.4 Å². The lowest BCUT2D eigenvalue weighted by Gasteiger charge is -2.08. The second-order valence-electron chi connectivity index (χ2n) is 5.05. The molecule has 6 heteroatoms. The summed E-state index contributed by atoms with van der Waals surface area (Å²) in [6.45, 7) is 0. The number of amides is 1. The molecule has 0 bridgehead atoms. The second kappa shape index (κ2) is 6.66. The van der Waals surface area contributed by atoms with E-state index in [0.29, 0.717) is 11.3 Å². The molecule has 116 valence electrons. The monoisotopic (exact) mass is 371 g/mol. The summed E-state index contributed by atoms with van der Waals surface area (Å²) >= 11 is 3.27. The fourth-order valence-corrected chi connectivity index (χ4v) is 2.56. The number of H-pyrrole nitrogens is 1. The third-order valence-corrected chi connectivity index (χ3v) is 3.87. The van der Waals surface area contributed by atoms with Crippen molar-refractivity contribution >= 4 is 27.5 Å². The maximum absolute atomic E-state index is 12.1. The van der Waals surface area contributed by atoms with Crippen LogP contribution in [-0.2, 0) is 11.2 Å². The minimum atomic E-state index is -0.183. The van der Waals surface area contributed by atoms with Crippen molar-refractivity contribution in [2.24, 2.45) is 0 Å². The molecule has 1 heterocycles. The maximum Gasteiger partial charge on any atom is 0.228 e. The standard InChI is InChI=1S/C17H14BrN3O2/c18-13-4-1-12(16(22)10-13)9-17(23)20-14-5-2-11(3-6-14)15-7-8-19-21-15/h1-8,10,22H,9H2,(H,19,21)(H,20,23). The number of phenolic OH excluding ortho intramolecular Hbond substituents is 1. The van der Waals surface area contributed by atoms with E-state index in [0.717, 1.165) is 15.7 Å². The summed E-state index contributed by atoms with van der Waals surface area (Å²) in [6, 6.07) is 14.4. The predicted octanol–water partition coefficient (Wildman–Crippen LogP) is 3.73. The van der Waals surface area contributed by atoms with Gasteiger partial charge >= 0.3 is 0 Å². The van der Waals surface area contributed by atoms with E-state index in [9.17, 15) is 9.90 Å². The molecular weight excluding hydrogens is 358 g/mol. The van der Waals surface area contributed by atoms with Crippen LogP contribution in [0.5, 0.6) is 5.75 Å². The van der Waals surface area contributed by atoms with Crippen LogP contribution < -0.4 is 5.32 Å². The van der Waals surface area contributed by atoms with Crippen molar-refractivity contribution in [1.29, 1.82) is 0 Å². The first-order valence-electron chi connectivity index (χ1n) is 6.99. The zero-order valence-corrected chi connectivity index (χ0v) is 13.7. The highest BCUT2D eigenvalue weighted by atomic mass is 79.9. The van der Waals surface area contributed by atoms with Crippen LogP contribution >= 0.6 is 15.9 Å². The van der Waals surface area contributed by atoms with Crippen LogP contribution in [0.4, 0.5) is 5.69 Å². The number of rotatable bonds is 4. The van der Waals surface area contributed by atoms with E-state index in [-0.39, 0.29) is 18.1 Å². The smallest absolute Gasteiger partial charge is 0.228 e. The lowest BCUT2D eigenvalue weighted by molar-refractivity contribution is -0.115. The van der Waals surface area contributed by atoms with E-state index in [4.69, 9.17) is 0 Å². The highest BCUT2D eigenvalue weighted by Crippen LogP contribution is 2.23. The number of nitrogens with zero attached hydrogens (tertiary/aromatic N) is 1. The van der Waals surface area contributed by atoms with E-state index >= 15 is 0 Å². The number of nitrogens with one attached hydrogen (secondary N) is 2. The van der Waals surface area contributed by atoms with Gasteiger partial charge in [0.25, 0.3) is 0 Å². The quantitative estimate of drug-likeness (QED) is 0.653. The molecule has 0 fully saturated rings. The first-order valence-corrected chi connectivity index (χ1v) is 7.78. The van der Waals surface area contributed by atoms with E-state index in [1.807, 2.05) is 30.3 Å². The Morgan fingerprint density at radius 1 is 1.17 bits per heavy atom. The van der Waals surface area contributed by atoms with Gasteiger partial charge in [-0.2, -0.15) is 5.10 Å². The minimum absolute atomic E-state index is 0.101. The number of benzene rings is 2. The van der Waals surface area contributed by atoms with Crippen molar-refractivity contribution < 1.29 is 9.90 Å². The number of aromatic nitrogens is 2. The van der Waals surface area contributed by atoms with Gasteiger partial charge in [0.2, 0.25) is 5.91 Å². The molecule has 1 aromatic heterocycles. The average Bonchev–Trinajstić information content (AvgIpc) is 3.05. The van der Waals surface area contributed by atoms with Gasteiger partial charge in [0.05, 0.1) is 12.1 Å². The highest BCUT2D eigenvalue weighted by Gasteiger charge is 2.09. The molecule has 0 aliphatic heterocycles. The Balaban J connectivity index is 1.66. The molecule has 5 nitrogen and oxygen atoms in total. The summed E-state index contributed by atoms with van der Waals surface area (Å²) in [5, 5.41) is 19.4. The number of carbonyl (C=O) groups excluding carboxylic acids is 1. The number of hydrogen-bond donors (Lipinski definition) is 3. The van der Waals surface area contributed by atoms with Crippen molar-refractivity contribution in [3.63, 3.8) is 0 Å². The zero-order chi connectivity index (χ0) is 16.2. The zero-order valence-electron chi connectivity index (χ0n) is 12.1. The molecular formula is C17H14BrN3O2. The third kappa shape index (κ3) is 3.78. The second-order valence-corrected chi connectivity index (χ2v) is 5.96. The van der Waals surface area contributed by atoms with Crippen molar-refractivity contribution in [1.82, 2.24) is 10.2 Å².